The van der Waals surface area contributed by atoms with Crippen molar-refractivity contribution in [3.63, 3.8) is 0 Å². The predicted molar refractivity (Wildman–Crippen MR) is 107 cm³/mol. The first-order chi connectivity index (χ1) is 12.7. The minimum atomic E-state index is -0.0947. The summed E-state index contributed by atoms with van der Waals surface area (Å²) in [5.74, 6) is 1.42. The van der Waals surface area contributed by atoms with E-state index in [0.717, 1.165) is 30.4 Å². The van der Waals surface area contributed by atoms with E-state index in [9.17, 15) is 4.79 Å². The molecular formula is C20H30N4O2. The number of rotatable bonds is 8. The van der Waals surface area contributed by atoms with E-state index in [-0.39, 0.29) is 5.91 Å². The van der Waals surface area contributed by atoms with Crippen molar-refractivity contribution in [2.45, 2.75) is 39.0 Å². The van der Waals surface area contributed by atoms with Crippen LogP contribution in [0, 0.1) is 0 Å². The third-order valence-electron chi connectivity index (χ3n) is 4.16. The van der Waals surface area contributed by atoms with Crippen molar-refractivity contribution in [2.75, 3.05) is 32.1 Å². The van der Waals surface area contributed by atoms with Gasteiger partial charge in [-0.25, -0.2) is 0 Å². The molecule has 3 N–H and O–H groups in total. The Hall–Kier alpha value is -2.50. The van der Waals surface area contributed by atoms with Crippen LogP contribution in [0.15, 0.2) is 40.9 Å². The van der Waals surface area contributed by atoms with Crippen molar-refractivity contribution >= 4 is 17.6 Å². The smallest absolute Gasteiger partial charge is 0.221 e. The fourth-order valence-electron chi connectivity index (χ4n) is 2.90. The van der Waals surface area contributed by atoms with Crippen LogP contribution < -0.4 is 20.7 Å². The highest BCUT2D eigenvalue weighted by Crippen LogP contribution is 2.19. The molecule has 1 aromatic carbocycles. The molecule has 6 nitrogen and oxygen atoms in total. The number of amides is 1. The van der Waals surface area contributed by atoms with Crippen molar-refractivity contribution < 1.29 is 9.53 Å². The molecule has 0 saturated carbocycles. The van der Waals surface area contributed by atoms with Gasteiger partial charge in [-0.05, 0) is 44.2 Å². The van der Waals surface area contributed by atoms with Crippen LogP contribution in [0.2, 0.25) is 0 Å². The van der Waals surface area contributed by atoms with E-state index in [2.05, 4.69) is 27.0 Å². The zero-order valence-electron chi connectivity index (χ0n) is 15.8. The molecule has 1 aromatic rings. The van der Waals surface area contributed by atoms with Crippen molar-refractivity contribution in [3.8, 4) is 5.75 Å². The summed E-state index contributed by atoms with van der Waals surface area (Å²) in [6.07, 6.45) is 8.56. The Bertz CT molecular complexity index is 640. The first-order valence-electron chi connectivity index (χ1n) is 9.30. The number of benzene rings is 1. The van der Waals surface area contributed by atoms with Gasteiger partial charge >= 0.3 is 0 Å². The number of carbonyl (C=O) groups excluding carboxylic acids is 1. The van der Waals surface area contributed by atoms with Crippen LogP contribution in [0.1, 0.15) is 39.0 Å². The molecule has 0 fully saturated rings. The second-order valence-corrected chi connectivity index (χ2v) is 6.34. The van der Waals surface area contributed by atoms with Gasteiger partial charge in [0.05, 0.1) is 6.54 Å². The number of ether oxygens (including phenoxy) is 1. The zero-order valence-corrected chi connectivity index (χ0v) is 15.8. The van der Waals surface area contributed by atoms with Gasteiger partial charge in [-0.3, -0.25) is 9.79 Å². The lowest BCUT2D eigenvalue weighted by atomic mass is 9.97. The summed E-state index contributed by atoms with van der Waals surface area (Å²) < 4.78 is 5.72. The Balaban J connectivity index is 1.64. The molecule has 2 rings (SSSR count). The summed E-state index contributed by atoms with van der Waals surface area (Å²) in [6, 6.07) is 7.37. The summed E-state index contributed by atoms with van der Waals surface area (Å²) in [4.78, 5) is 15.3. The third-order valence-corrected chi connectivity index (χ3v) is 4.16. The number of hydrogen-bond donors (Lipinski definition) is 3. The Morgan fingerprint density at radius 2 is 2.08 bits per heavy atom. The molecule has 142 valence electrons. The van der Waals surface area contributed by atoms with E-state index in [4.69, 9.17) is 4.74 Å². The van der Waals surface area contributed by atoms with E-state index in [1.54, 1.807) is 12.6 Å². The zero-order chi connectivity index (χ0) is 18.6. The summed E-state index contributed by atoms with van der Waals surface area (Å²) in [7, 11) is 1.77. The third kappa shape index (κ3) is 7.59. The standard InChI is InChI=1S/C20H30N4O2/c1-16(25)24-18-9-6-10-19(15-18)26-14-13-23-20(21-2)22-12-11-17-7-4-3-5-8-17/h6-7,9-10,15H,3-5,8,11-14H2,1-2H3,(H,24,25)(H2,21,22,23). The molecule has 0 radical (unpaired) electrons. The quantitative estimate of drug-likeness (QED) is 0.289. The van der Waals surface area contributed by atoms with Crippen LogP contribution in [-0.2, 0) is 4.79 Å². The van der Waals surface area contributed by atoms with E-state index in [1.807, 2.05) is 24.3 Å². The van der Waals surface area contributed by atoms with Crippen molar-refractivity contribution in [3.05, 3.63) is 35.9 Å². The number of anilines is 1. The van der Waals surface area contributed by atoms with Gasteiger partial charge in [-0.2, -0.15) is 0 Å². The molecular weight excluding hydrogens is 328 g/mol. The monoisotopic (exact) mass is 358 g/mol. The van der Waals surface area contributed by atoms with Gasteiger partial charge < -0.3 is 20.7 Å². The van der Waals surface area contributed by atoms with Crippen LogP contribution in [0.5, 0.6) is 5.75 Å². The topological polar surface area (TPSA) is 74.8 Å². The number of carbonyl (C=O) groups is 1. The second kappa shape index (κ2) is 11.2. The number of hydrogen-bond acceptors (Lipinski definition) is 3. The lowest BCUT2D eigenvalue weighted by molar-refractivity contribution is -0.114. The van der Waals surface area contributed by atoms with Gasteiger partial charge in [0.25, 0.3) is 0 Å². The molecule has 0 aliphatic heterocycles. The minimum Gasteiger partial charge on any atom is -0.492 e. The van der Waals surface area contributed by atoms with Crippen LogP contribution in [0.25, 0.3) is 0 Å². The molecule has 1 aliphatic rings. The van der Waals surface area contributed by atoms with Gasteiger partial charge in [0, 0.05) is 32.3 Å². The molecule has 0 heterocycles. The average Bonchev–Trinajstić information content (AvgIpc) is 2.64. The number of allylic oxidation sites excluding steroid dienone is 1. The molecule has 1 aliphatic carbocycles. The molecule has 1 amide bonds. The van der Waals surface area contributed by atoms with Crippen molar-refractivity contribution in [2.24, 2.45) is 4.99 Å². The number of nitrogens with one attached hydrogen (secondary N) is 3. The maximum atomic E-state index is 11.1. The molecule has 0 atom stereocenters. The molecule has 0 saturated heterocycles. The van der Waals surface area contributed by atoms with Crippen LogP contribution >= 0.6 is 0 Å². The maximum absolute atomic E-state index is 11.1. The van der Waals surface area contributed by atoms with Gasteiger partial charge in [0.2, 0.25) is 5.91 Å². The Kier molecular flexibility index (Phi) is 8.52. The van der Waals surface area contributed by atoms with E-state index >= 15 is 0 Å². The fourth-order valence-corrected chi connectivity index (χ4v) is 2.90. The lowest BCUT2D eigenvalue weighted by Crippen LogP contribution is -2.39. The summed E-state index contributed by atoms with van der Waals surface area (Å²) in [5, 5.41) is 9.33. The Labute approximate surface area is 156 Å². The Morgan fingerprint density at radius 3 is 2.81 bits per heavy atom. The highest BCUT2D eigenvalue weighted by atomic mass is 16.5. The molecule has 0 bridgehead atoms. The van der Waals surface area contributed by atoms with Gasteiger partial charge in [0.15, 0.2) is 5.96 Å². The van der Waals surface area contributed by atoms with Crippen LogP contribution in [-0.4, -0.2) is 38.6 Å². The SMILES string of the molecule is CN=C(NCCOc1cccc(NC(C)=O)c1)NCCC1=CCCCC1. The first kappa shape index (κ1) is 19.8. The molecule has 6 heteroatoms. The largest absolute Gasteiger partial charge is 0.492 e. The van der Waals surface area contributed by atoms with Gasteiger partial charge in [-0.15, -0.1) is 0 Å². The normalized spacial score (nSPS) is 14.4. The first-order valence-corrected chi connectivity index (χ1v) is 9.30. The van der Waals surface area contributed by atoms with Crippen molar-refractivity contribution in [1.29, 1.82) is 0 Å². The number of nitrogens with zero attached hydrogens (tertiary/aromatic N) is 1. The highest BCUT2D eigenvalue weighted by molar-refractivity contribution is 5.88. The van der Waals surface area contributed by atoms with E-state index in [0.29, 0.717) is 13.2 Å². The Morgan fingerprint density at radius 1 is 1.23 bits per heavy atom. The predicted octanol–water partition coefficient (Wildman–Crippen LogP) is 3.08. The maximum Gasteiger partial charge on any atom is 0.221 e. The number of aliphatic imine (C=N–C) groups is 1. The molecule has 0 unspecified atom stereocenters. The minimum absolute atomic E-state index is 0.0947. The molecule has 26 heavy (non-hydrogen) atoms. The fraction of sp³-hybridized carbons (Fsp3) is 0.500. The summed E-state index contributed by atoms with van der Waals surface area (Å²) >= 11 is 0. The summed E-state index contributed by atoms with van der Waals surface area (Å²) in [5.41, 5.74) is 2.29. The van der Waals surface area contributed by atoms with Gasteiger partial charge in [0.1, 0.15) is 12.4 Å². The van der Waals surface area contributed by atoms with Crippen LogP contribution in [0.4, 0.5) is 5.69 Å². The molecule has 0 spiro atoms. The highest BCUT2D eigenvalue weighted by Gasteiger charge is 2.04. The second-order valence-electron chi connectivity index (χ2n) is 6.34. The lowest BCUT2D eigenvalue weighted by Gasteiger charge is -2.15. The van der Waals surface area contributed by atoms with E-state index < -0.39 is 0 Å². The average molecular weight is 358 g/mol. The van der Waals surface area contributed by atoms with Crippen LogP contribution in [0.3, 0.4) is 0 Å². The van der Waals surface area contributed by atoms with Gasteiger partial charge in [-0.1, -0.05) is 17.7 Å². The van der Waals surface area contributed by atoms with Crippen molar-refractivity contribution in [1.82, 2.24) is 10.6 Å². The van der Waals surface area contributed by atoms with E-state index in [1.165, 1.54) is 32.6 Å². The molecule has 0 aromatic heterocycles. The number of guanidine groups is 1. The summed E-state index contributed by atoms with van der Waals surface area (Å²) in [6.45, 7) is 3.54.